The van der Waals surface area contributed by atoms with Gasteiger partial charge in [0.1, 0.15) is 0 Å². The Balaban J connectivity index is 1.90. The van der Waals surface area contributed by atoms with E-state index in [1.54, 1.807) is 14.2 Å². The fraction of sp³-hybridized carbons (Fsp3) is 0.529. The Kier molecular flexibility index (Phi) is 6.03. The number of carbonyl (C=O) groups excluding carboxylic acids is 2. The predicted molar refractivity (Wildman–Crippen MR) is 89.7 cm³/mol. The number of hydrogen-bond acceptors (Lipinski definition) is 5. The third-order valence-corrected chi connectivity index (χ3v) is 4.46. The van der Waals surface area contributed by atoms with Gasteiger partial charge in [-0.15, -0.1) is 0 Å². The van der Waals surface area contributed by atoms with Gasteiger partial charge in [0.15, 0.2) is 11.5 Å². The first-order chi connectivity index (χ1) is 11.5. The quantitative estimate of drug-likeness (QED) is 0.757. The summed E-state index contributed by atoms with van der Waals surface area (Å²) < 4.78 is 10.5. The molecule has 1 aromatic carbocycles. The number of carbonyl (C=O) groups is 2. The second-order valence-corrected chi connectivity index (χ2v) is 5.97. The number of benzene rings is 1. The summed E-state index contributed by atoms with van der Waals surface area (Å²) >= 11 is 0. The fourth-order valence-electron chi connectivity index (χ4n) is 2.86. The van der Waals surface area contributed by atoms with Gasteiger partial charge in [-0.1, -0.05) is 6.07 Å². The normalized spacial score (nSPS) is 18.9. The smallest absolute Gasteiger partial charge is 0.237 e. The molecule has 0 bridgehead atoms. The van der Waals surface area contributed by atoms with E-state index in [4.69, 9.17) is 15.2 Å². The van der Waals surface area contributed by atoms with Crippen molar-refractivity contribution in [3.8, 4) is 11.5 Å². The van der Waals surface area contributed by atoms with Crippen molar-refractivity contribution < 1.29 is 19.1 Å². The van der Waals surface area contributed by atoms with Gasteiger partial charge in [-0.25, -0.2) is 0 Å². The molecule has 2 rings (SSSR count). The van der Waals surface area contributed by atoms with Gasteiger partial charge in [0.2, 0.25) is 11.8 Å². The zero-order chi connectivity index (χ0) is 17.7. The zero-order valence-corrected chi connectivity index (χ0v) is 14.4. The molecule has 7 nitrogen and oxygen atoms in total. The van der Waals surface area contributed by atoms with Crippen LogP contribution in [0.1, 0.15) is 18.9 Å². The van der Waals surface area contributed by atoms with Crippen LogP contribution in [0, 0.1) is 5.92 Å². The Morgan fingerprint density at radius 2 is 2.04 bits per heavy atom. The van der Waals surface area contributed by atoms with Crippen LogP contribution in [0.25, 0.3) is 0 Å². The molecular formula is C17H25N3O4. The van der Waals surface area contributed by atoms with Gasteiger partial charge >= 0.3 is 0 Å². The summed E-state index contributed by atoms with van der Waals surface area (Å²) in [5.41, 5.74) is 6.25. The first-order valence-corrected chi connectivity index (χ1v) is 7.98. The third-order valence-electron chi connectivity index (χ3n) is 4.46. The number of likely N-dealkylation sites (tertiary alicyclic amines) is 1. The van der Waals surface area contributed by atoms with Crippen molar-refractivity contribution in [2.75, 3.05) is 27.3 Å². The number of methoxy groups -OCH3 is 2. The molecule has 0 radical (unpaired) electrons. The molecule has 2 amide bonds. The summed E-state index contributed by atoms with van der Waals surface area (Å²) in [6.07, 6.45) is 0.711. The van der Waals surface area contributed by atoms with E-state index in [1.165, 1.54) is 0 Å². The Bertz CT molecular complexity index is 605. The Morgan fingerprint density at radius 1 is 1.33 bits per heavy atom. The van der Waals surface area contributed by atoms with Crippen molar-refractivity contribution in [3.63, 3.8) is 0 Å². The van der Waals surface area contributed by atoms with Crippen molar-refractivity contribution in [1.82, 2.24) is 10.2 Å². The molecule has 3 N–H and O–H groups in total. The van der Waals surface area contributed by atoms with E-state index in [2.05, 4.69) is 5.32 Å². The largest absolute Gasteiger partial charge is 0.493 e. The number of nitrogens with one attached hydrogen (secondary N) is 1. The van der Waals surface area contributed by atoms with Gasteiger partial charge < -0.3 is 20.5 Å². The molecule has 1 fully saturated rings. The van der Waals surface area contributed by atoms with E-state index in [0.29, 0.717) is 37.6 Å². The standard InChI is InChI=1S/C17H25N3O4/c1-11(20-7-6-13(10-20)16(18)21)17(22)19-9-12-4-5-14(23-2)15(8-12)24-3/h4-5,8,11,13H,6-7,9-10H2,1-3H3,(H2,18,21)(H,19,22)/t11-,13+/m0/s1. The maximum absolute atomic E-state index is 12.3. The molecule has 1 saturated heterocycles. The molecule has 7 heteroatoms. The maximum Gasteiger partial charge on any atom is 0.237 e. The van der Waals surface area contributed by atoms with Crippen molar-refractivity contribution in [1.29, 1.82) is 0 Å². The highest BCUT2D eigenvalue weighted by molar-refractivity contribution is 5.82. The maximum atomic E-state index is 12.3. The van der Waals surface area contributed by atoms with Crippen LogP contribution in [0.15, 0.2) is 18.2 Å². The van der Waals surface area contributed by atoms with Crippen LogP contribution in [0.4, 0.5) is 0 Å². The van der Waals surface area contributed by atoms with Crippen LogP contribution < -0.4 is 20.5 Å². The third kappa shape index (κ3) is 4.17. The minimum atomic E-state index is -0.297. The molecule has 0 spiro atoms. The molecule has 1 aromatic rings. The Labute approximate surface area is 142 Å². The van der Waals surface area contributed by atoms with E-state index < -0.39 is 0 Å². The number of nitrogens with zero attached hydrogens (tertiary/aromatic N) is 1. The lowest BCUT2D eigenvalue weighted by atomic mass is 10.1. The van der Waals surface area contributed by atoms with E-state index in [1.807, 2.05) is 30.0 Å². The van der Waals surface area contributed by atoms with Crippen molar-refractivity contribution in [2.45, 2.75) is 25.9 Å². The molecular weight excluding hydrogens is 310 g/mol. The summed E-state index contributed by atoms with van der Waals surface area (Å²) in [6, 6.07) is 5.23. The van der Waals surface area contributed by atoms with Gasteiger partial charge in [0, 0.05) is 13.1 Å². The summed E-state index contributed by atoms with van der Waals surface area (Å²) in [5.74, 6) is 0.744. The number of ether oxygens (including phenoxy) is 2. The fourth-order valence-corrected chi connectivity index (χ4v) is 2.86. The van der Waals surface area contributed by atoms with E-state index in [9.17, 15) is 9.59 Å². The molecule has 1 aliphatic rings. The highest BCUT2D eigenvalue weighted by Crippen LogP contribution is 2.27. The van der Waals surface area contributed by atoms with E-state index in [-0.39, 0.29) is 23.8 Å². The SMILES string of the molecule is COc1ccc(CNC(=O)[C@H](C)N2CC[C@@H](C(N)=O)C2)cc1OC. The van der Waals surface area contributed by atoms with Crippen LogP contribution >= 0.6 is 0 Å². The second-order valence-electron chi connectivity index (χ2n) is 5.97. The van der Waals surface area contributed by atoms with Crippen LogP contribution in [-0.2, 0) is 16.1 Å². The first-order valence-electron chi connectivity index (χ1n) is 7.98. The highest BCUT2D eigenvalue weighted by Gasteiger charge is 2.32. The van der Waals surface area contributed by atoms with Crippen LogP contribution in [0.2, 0.25) is 0 Å². The number of primary amides is 1. The molecule has 0 unspecified atom stereocenters. The molecule has 1 heterocycles. The lowest BCUT2D eigenvalue weighted by Crippen LogP contribution is -2.44. The minimum Gasteiger partial charge on any atom is -0.493 e. The summed E-state index contributed by atoms with van der Waals surface area (Å²) in [7, 11) is 3.15. The molecule has 0 saturated carbocycles. The van der Waals surface area contributed by atoms with Crippen LogP contribution in [0.5, 0.6) is 11.5 Å². The second kappa shape index (κ2) is 8.01. The number of hydrogen-bond donors (Lipinski definition) is 2. The van der Waals surface area contributed by atoms with Crippen molar-refractivity contribution in [3.05, 3.63) is 23.8 Å². The molecule has 1 aliphatic heterocycles. The molecule has 132 valence electrons. The lowest BCUT2D eigenvalue weighted by molar-refractivity contribution is -0.126. The number of rotatable bonds is 7. The van der Waals surface area contributed by atoms with Crippen LogP contribution in [-0.4, -0.2) is 50.1 Å². The number of amides is 2. The monoisotopic (exact) mass is 335 g/mol. The van der Waals surface area contributed by atoms with E-state index >= 15 is 0 Å². The average Bonchev–Trinajstić information content (AvgIpc) is 3.08. The van der Waals surface area contributed by atoms with Gasteiger partial charge in [-0.2, -0.15) is 0 Å². The molecule has 0 aromatic heterocycles. The van der Waals surface area contributed by atoms with Gasteiger partial charge in [0.05, 0.1) is 26.2 Å². The van der Waals surface area contributed by atoms with Gasteiger partial charge in [0.25, 0.3) is 0 Å². The molecule has 0 aliphatic carbocycles. The Hall–Kier alpha value is -2.28. The van der Waals surface area contributed by atoms with Gasteiger partial charge in [-0.3, -0.25) is 14.5 Å². The van der Waals surface area contributed by atoms with Gasteiger partial charge in [-0.05, 0) is 37.6 Å². The Morgan fingerprint density at radius 3 is 2.62 bits per heavy atom. The van der Waals surface area contributed by atoms with Crippen LogP contribution in [0.3, 0.4) is 0 Å². The zero-order valence-electron chi connectivity index (χ0n) is 14.4. The summed E-state index contributed by atoms with van der Waals surface area (Å²) in [4.78, 5) is 25.6. The number of nitrogens with two attached hydrogens (primary N) is 1. The van der Waals surface area contributed by atoms with Crippen molar-refractivity contribution >= 4 is 11.8 Å². The predicted octanol–water partition coefficient (Wildman–Crippen LogP) is 0.516. The average molecular weight is 335 g/mol. The minimum absolute atomic E-state index is 0.0742. The summed E-state index contributed by atoms with van der Waals surface area (Å²) in [5, 5.41) is 2.92. The molecule has 24 heavy (non-hydrogen) atoms. The van der Waals surface area contributed by atoms with Crippen molar-refractivity contribution in [2.24, 2.45) is 11.7 Å². The highest BCUT2D eigenvalue weighted by atomic mass is 16.5. The first kappa shape index (κ1) is 18.1. The lowest BCUT2D eigenvalue weighted by Gasteiger charge is -2.23. The topological polar surface area (TPSA) is 93.9 Å². The summed E-state index contributed by atoms with van der Waals surface area (Å²) in [6.45, 7) is 3.49. The van der Waals surface area contributed by atoms with E-state index in [0.717, 1.165) is 5.56 Å². The molecule has 2 atom stereocenters.